The summed E-state index contributed by atoms with van der Waals surface area (Å²) in [5, 5.41) is 19.8. The number of nitrogens with zero attached hydrogens (tertiary/aromatic N) is 5. The number of piperazine rings is 1. The lowest BCUT2D eigenvalue weighted by atomic mass is 9.76. The summed E-state index contributed by atoms with van der Waals surface area (Å²) in [5.74, 6) is 3.10. The molecule has 3 fully saturated rings. The van der Waals surface area contributed by atoms with Gasteiger partial charge in [0, 0.05) is 36.6 Å². The maximum absolute atomic E-state index is 10.4. The number of nitrogens with one attached hydrogen (secondary N) is 1. The number of hydrogen-bond donors (Lipinski definition) is 2. The van der Waals surface area contributed by atoms with Crippen LogP contribution in [0.4, 0.5) is 5.82 Å². The van der Waals surface area contributed by atoms with Crippen LogP contribution in [0, 0.1) is 13.8 Å². The predicted molar refractivity (Wildman–Crippen MR) is 126 cm³/mol. The molecule has 2 unspecified atom stereocenters. The Hall–Kier alpha value is -2.51. The molecular formula is C25H32N6O. The van der Waals surface area contributed by atoms with Crippen molar-refractivity contribution in [2.24, 2.45) is 0 Å². The van der Waals surface area contributed by atoms with Gasteiger partial charge in [0.1, 0.15) is 11.6 Å². The van der Waals surface area contributed by atoms with E-state index in [2.05, 4.69) is 35.3 Å². The molecule has 6 rings (SSSR count). The smallest absolute Gasteiger partial charge is 0.159 e. The molecular weight excluding hydrogens is 400 g/mol. The third-order valence-electron chi connectivity index (χ3n) is 7.84. The maximum atomic E-state index is 10.4. The van der Waals surface area contributed by atoms with Crippen molar-refractivity contribution in [3.63, 3.8) is 0 Å². The lowest BCUT2D eigenvalue weighted by Crippen LogP contribution is -2.44. The molecule has 1 saturated carbocycles. The van der Waals surface area contributed by atoms with Crippen LogP contribution in [-0.4, -0.2) is 55.6 Å². The number of fused-ring (bicyclic) bond motifs is 3. The van der Waals surface area contributed by atoms with Crippen LogP contribution >= 0.6 is 0 Å². The van der Waals surface area contributed by atoms with Gasteiger partial charge in [0.15, 0.2) is 5.82 Å². The van der Waals surface area contributed by atoms with Gasteiger partial charge in [0.25, 0.3) is 0 Å². The van der Waals surface area contributed by atoms with E-state index in [1.165, 1.54) is 17.5 Å². The van der Waals surface area contributed by atoms with Gasteiger partial charge < -0.3 is 15.3 Å². The SMILES string of the molecule is Cc1nc(N2CC3CC2CN3)cc(-n2ncc3cc(C)c([C@H]4CC[C@@](C)(O)CC4)cc32)n1. The zero-order chi connectivity index (χ0) is 22.0. The van der Waals surface area contributed by atoms with Gasteiger partial charge in [-0.2, -0.15) is 5.10 Å². The highest BCUT2D eigenvalue weighted by Gasteiger charge is 2.38. The van der Waals surface area contributed by atoms with Crippen LogP contribution < -0.4 is 10.2 Å². The highest BCUT2D eigenvalue weighted by atomic mass is 16.3. The summed E-state index contributed by atoms with van der Waals surface area (Å²) in [7, 11) is 0. The van der Waals surface area contributed by atoms with Crippen molar-refractivity contribution in [3.05, 3.63) is 41.3 Å². The van der Waals surface area contributed by atoms with E-state index >= 15 is 0 Å². The summed E-state index contributed by atoms with van der Waals surface area (Å²) in [6.07, 6.45) is 6.90. The van der Waals surface area contributed by atoms with Crippen LogP contribution in [0.1, 0.15) is 61.9 Å². The standard InChI is InChI=1S/C25H32N6O/c1-15-8-18-12-27-31(22(18)10-21(15)17-4-6-25(3,32)7-5-17)24-11-23(28-16(2)29-24)30-14-19-9-20(30)13-26-19/h8,10-12,17,19-20,26,32H,4-7,9,13-14H2,1-3H3/t17-,19?,20?,25+. The Bertz CT molecular complexity index is 1170. The first-order valence-electron chi connectivity index (χ1n) is 11.9. The van der Waals surface area contributed by atoms with Crippen molar-refractivity contribution in [1.82, 2.24) is 25.1 Å². The van der Waals surface area contributed by atoms with Crippen LogP contribution in [-0.2, 0) is 0 Å². The number of rotatable bonds is 3. The minimum absolute atomic E-state index is 0.485. The molecule has 7 nitrogen and oxygen atoms in total. The van der Waals surface area contributed by atoms with Crippen molar-refractivity contribution >= 4 is 16.7 Å². The quantitative estimate of drug-likeness (QED) is 0.661. The van der Waals surface area contributed by atoms with Crippen LogP contribution in [0.15, 0.2) is 24.4 Å². The first-order valence-corrected chi connectivity index (χ1v) is 11.9. The van der Waals surface area contributed by atoms with E-state index in [4.69, 9.17) is 15.1 Å². The van der Waals surface area contributed by atoms with Gasteiger partial charge in [0.2, 0.25) is 0 Å². The predicted octanol–water partition coefficient (Wildman–Crippen LogP) is 3.39. The van der Waals surface area contributed by atoms with Gasteiger partial charge in [-0.1, -0.05) is 0 Å². The summed E-state index contributed by atoms with van der Waals surface area (Å²) in [6.45, 7) is 8.17. The second kappa shape index (κ2) is 7.25. The summed E-state index contributed by atoms with van der Waals surface area (Å²) < 4.78 is 1.97. The Labute approximate surface area is 188 Å². The fourth-order valence-corrected chi connectivity index (χ4v) is 6.01. The van der Waals surface area contributed by atoms with Crippen LogP contribution in [0.2, 0.25) is 0 Å². The third kappa shape index (κ3) is 3.39. The van der Waals surface area contributed by atoms with Crippen molar-refractivity contribution in [1.29, 1.82) is 0 Å². The molecule has 4 heterocycles. The summed E-state index contributed by atoms with van der Waals surface area (Å²) in [5.41, 5.74) is 3.26. The van der Waals surface area contributed by atoms with Gasteiger partial charge in [-0.05, 0) is 82.1 Å². The average Bonchev–Trinajstić information content (AvgIpc) is 3.48. The topological polar surface area (TPSA) is 79.1 Å². The van der Waals surface area contributed by atoms with Crippen LogP contribution in [0.5, 0.6) is 0 Å². The van der Waals surface area contributed by atoms with E-state index < -0.39 is 5.60 Å². The molecule has 2 aliphatic heterocycles. The summed E-state index contributed by atoms with van der Waals surface area (Å²) >= 11 is 0. The van der Waals surface area contributed by atoms with Crippen molar-refractivity contribution in [2.45, 2.75) is 76.5 Å². The van der Waals surface area contributed by atoms with Gasteiger partial charge in [-0.3, -0.25) is 0 Å². The Balaban J connectivity index is 1.38. The molecule has 2 bridgehead atoms. The van der Waals surface area contributed by atoms with Gasteiger partial charge >= 0.3 is 0 Å². The van der Waals surface area contributed by atoms with Crippen molar-refractivity contribution < 1.29 is 5.11 Å². The molecule has 0 spiro atoms. The normalized spacial score (nSPS) is 29.9. The number of benzene rings is 1. The molecule has 0 amide bonds. The largest absolute Gasteiger partial charge is 0.390 e. The zero-order valence-electron chi connectivity index (χ0n) is 19.2. The van der Waals surface area contributed by atoms with E-state index in [9.17, 15) is 5.11 Å². The Kier molecular flexibility index (Phi) is 4.56. The monoisotopic (exact) mass is 432 g/mol. The Morgan fingerprint density at radius 2 is 1.88 bits per heavy atom. The second-order valence-electron chi connectivity index (χ2n) is 10.4. The molecule has 2 N–H and O–H groups in total. The maximum Gasteiger partial charge on any atom is 0.159 e. The Morgan fingerprint density at radius 1 is 1.09 bits per heavy atom. The first-order chi connectivity index (χ1) is 15.4. The summed E-state index contributed by atoms with van der Waals surface area (Å²) in [6, 6.07) is 7.75. The molecule has 1 aromatic carbocycles. The van der Waals surface area contributed by atoms with E-state index in [1.54, 1.807) is 0 Å². The minimum atomic E-state index is -0.518. The van der Waals surface area contributed by atoms with Crippen LogP contribution in [0.25, 0.3) is 16.7 Å². The fourth-order valence-electron chi connectivity index (χ4n) is 6.01. The molecule has 32 heavy (non-hydrogen) atoms. The molecule has 2 atom stereocenters. The van der Waals surface area contributed by atoms with E-state index in [-0.39, 0.29) is 0 Å². The number of aryl methyl sites for hydroxylation is 2. The van der Waals surface area contributed by atoms with Gasteiger partial charge in [-0.15, -0.1) is 0 Å². The van der Waals surface area contributed by atoms with Crippen molar-refractivity contribution in [2.75, 3.05) is 18.0 Å². The number of anilines is 1. The molecule has 7 heteroatoms. The zero-order valence-corrected chi connectivity index (χ0v) is 19.2. The number of aliphatic hydroxyl groups is 1. The molecule has 3 aliphatic rings. The van der Waals surface area contributed by atoms with Crippen molar-refractivity contribution in [3.8, 4) is 5.82 Å². The molecule has 3 aromatic rings. The van der Waals surface area contributed by atoms with E-state index in [0.29, 0.717) is 18.0 Å². The van der Waals surface area contributed by atoms with Crippen LogP contribution in [0.3, 0.4) is 0 Å². The lowest BCUT2D eigenvalue weighted by Gasteiger charge is -2.34. The Morgan fingerprint density at radius 3 is 2.59 bits per heavy atom. The average molecular weight is 433 g/mol. The minimum Gasteiger partial charge on any atom is -0.390 e. The fraction of sp³-hybridized carbons (Fsp3) is 0.560. The first kappa shape index (κ1) is 20.1. The number of hydrogen-bond acceptors (Lipinski definition) is 6. The van der Waals surface area contributed by atoms with Gasteiger partial charge in [0.05, 0.1) is 17.3 Å². The highest BCUT2D eigenvalue weighted by Crippen LogP contribution is 2.40. The molecule has 2 saturated heterocycles. The second-order valence-corrected chi connectivity index (χ2v) is 10.4. The molecule has 0 radical (unpaired) electrons. The van der Waals surface area contributed by atoms with Gasteiger partial charge in [-0.25, -0.2) is 14.6 Å². The highest BCUT2D eigenvalue weighted by molar-refractivity contribution is 5.82. The molecule has 2 aromatic heterocycles. The number of aromatic nitrogens is 4. The van der Waals surface area contributed by atoms with E-state index in [1.807, 2.05) is 24.7 Å². The molecule has 168 valence electrons. The van der Waals surface area contributed by atoms with E-state index in [0.717, 1.165) is 67.1 Å². The lowest BCUT2D eigenvalue weighted by molar-refractivity contribution is 0.0171. The summed E-state index contributed by atoms with van der Waals surface area (Å²) in [4.78, 5) is 11.9. The molecule has 1 aliphatic carbocycles. The third-order valence-corrected chi connectivity index (χ3v) is 7.84.